The van der Waals surface area contributed by atoms with Crippen molar-refractivity contribution in [2.75, 3.05) is 6.61 Å². The van der Waals surface area contributed by atoms with Gasteiger partial charge in [-0.15, -0.1) is 0 Å². The predicted octanol–water partition coefficient (Wildman–Crippen LogP) is 2.70. The van der Waals surface area contributed by atoms with Gasteiger partial charge in [0.25, 0.3) is 0 Å². The number of hydrogen-bond acceptors (Lipinski definition) is 3. The fraction of sp³-hybridized carbons (Fsp3) is 0.786. The highest BCUT2D eigenvalue weighted by Crippen LogP contribution is 2.54. The molecule has 3 heteroatoms. The van der Waals surface area contributed by atoms with Crippen LogP contribution in [0.15, 0.2) is 12.2 Å². The molecule has 3 unspecified atom stereocenters. The van der Waals surface area contributed by atoms with Gasteiger partial charge in [-0.3, -0.25) is 4.79 Å². The summed E-state index contributed by atoms with van der Waals surface area (Å²) in [4.78, 5) is 11.8. The van der Waals surface area contributed by atoms with Crippen molar-refractivity contribution in [3.05, 3.63) is 12.2 Å². The van der Waals surface area contributed by atoms with Gasteiger partial charge in [0, 0.05) is 0 Å². The Balaban J connectivity index is 1.83. The molecular formula is C14H22O3. The lowest BCUT2D eigenvalue weighted by molar-refractivity contribution is -0.148. The van der Waals surface area contributed by atoms with Crippen LogP contribution in [-0.2, 0) is 14.3 Å². The van der Waals surface area contributed by atoms with E-state index in [-0.39, 0.29) is 23.6 Å². The van der Waals surface area contributed by atoms with E-state index in [0.717, 1.165) is 24.8 Å². The molecule has 1 heterocycles. The quantitative estimate of drug-likeness (QED) is 0.429. The Kier molecular flexibility index (Phi) is 3.30. The summed E-state index contributed by atoms with van der Waals surface area (Å²) in [6, 6.07) is 0. The first kappa shape index (κ1) is 12.6. The number of carbonyl (C=O) groups excluding carboxylic acids is 1. The Morgan fingerprint density at radius 2 is 2.29 bits per heavy atom. The summed E-state index contributed by atoms with van der Waals surface area (Å²) < 4.78 is 11.0. The molecule has 1 saturated heterocycles. The first-order valence-electron chi connectivity index (χ1n) is 6.44. The van der Waals surface area contributed by atoms with Gasteiger partial charge in [0.15, 0.2) is 0 Å². The smallest absolute Gasteiger partial charge is 0.309 e. The summed E-state index contributed by atoms with van der Waals surface area (Å²) in [5.74, 6) is 0.481. The van der Waals surface area contributed by atoms with Gasteiger partial charge in [-0.1, -0.05) is 20.4 Å². The number of ether oxygens (including phenoxy) is 2. The van der Waals surface area contributed by atoms with E-state index in [2.05, 4.69) is 20.4 Å². The zero-order chi connectivity index (χ0) is 12.6. The Hall–Kier alpha value is -0.830. The molecule has 1 aliphatic heterocycles. The summed E-state index contributed by atoms with van der Waals surface area (Å²) in [6.07, 6.45) is 2.98. The summed E-state index contributed by atoms with van der Waals surface area (Å²) in [5.41, 5.74) is 0.957. The molecule has 0 aromatic heterocycles. The Labute approximate surface area is 103 Å². The second-order valence-electron chi connectivity index (χ2n) is 5.75. The van der Waals surface area contributed by atoms with E-state index in [1.165, 1.54) is 0 Å². The van der Waals surface area contributed by atoms with E-state index < -0.39 is 0 Å². The maximum atomic E-state index is 11.8. The van der Waals surface area contributed by atoms with E-state index in [4.69, 9.17) is 9.47 Å². The van der Waals surface area contributed by atoms with Crippen molar-refractivity contribution >= 4 is 5.97 Å². The molecule has 96 valence electrons. The van der Waals surface area contributed by atoms with Gasteiger partial charge >= 0.3 is 5.97 Å². The van der Waals surface area contributed by atoms with Crippen molar-refractivity contribution in [1.29, 1.82) is 0 Å². The molecule has 17 heavy (non-hydrogen) atoms. The molecule has 3 atom stereocenters. The molecule has 0 radical (unpaired) electrons. The topological polar surface area (TPSA) is 38.8 Å². The highest BCUT2D eigenvalue weighted by molar-refractivity contribution is 5.73. The molecular weight excluding hydrogens is 216 g/mol. The third kappa shape index (κ3) is 2.39. The second-order valence-corrected chi connectivity index (χ2v) is 5.75. The third-order valence-corrected chi connectivity index (χ3v) is 4.00. The number of fused-ring (bicyclic) bond motifs is 1. The first-order chi connectivity index (χ1) is 7.95. The standard InChI is InChI=1S/C14H22O3/c1-9(2)8-16-13(15)11-5-6-14(10(3)4)12(7-11)17-14/h10-12H,1,5-8H2,2-4H3. The van der Waals surface area contributed by atoms with Crippen molar-refractivity contribution < 1.29 is 14.3 Å². The van der Waals surface area contributed by atoms with Crippen molar-refractivity contribution in [2.45, 2.75) is 51.7 Å². The Bertz CT molecular complexity index is 334. The molecule has 1 aliphatic carbocycles. The number of esters is 1. The van der Waals surface area contributed by atoms with E-state index in [1.54, 1.807) is 0 Å². The number of rotatable bonds is 4. The maximum absolute atomic E-state index is 11.8. The molecule has 0 N–H and O–H groups in total. The minimum atomic E-state index is -0.0825. The van der Waals surface area contributed by atoms with Gasteiger partial charge in [-0.05, 0) is 37.7 Å². The maximum Gasteiger partial charge on any atom is 0.309 e. The van der Waals surface area contributed by atoms with Crippen LogP contribution in [-0.4, -0.2) is 24.3 Å². The van der Waals surface area contributed by atoms with Crippen LogP contribution >= 0.6 is 0 Å². The highest BCUT2D eigenvalue weighted by Gasteiger charge is 2.61. The number of hydrogen-bond donors (Lipinski definition) is 0. The molecule has 3 nitrogen and oxygen atoms in total. The van der Waals surface area contributed by atoms with Crippen LogP contribution < -0.4 is 0 Å². The van der Waals surface area contributed by atoms with Crippen molar-refractivity contribution in [1.82, 2.24) is 0 Å². The molecule has 0 bridgehead atoms. The molecule has 1 saturated carbocycles. The van der Waals surface area contributed by atoms with Crippen LogP contribution in [0.3, 0.4) is 0 Å². The number of carbonyl (C=O) groups is 1. The molecule has 2 rings (SSSR count). The monoisotopic (exact) mass is 238 g/mol. The van der Waals surface area contributed by atoms with Crippen LogP contribution in [0.25, 0.3) is 0 Å². The Morgan fingerprint density at radius 3 is 2.82 bits per heavy atom. The molecule has 0 aromatic rings. The molecule has 0 amide bonds. The lowest BCUT2D eigenvalue weighted by atomic mass is 9.77. The highest BCUT2D eigenvalue weighted by atomic mass is 16.6. The summed E-state index contributed by atoms with van der Waals surface area (Å²) in [6.45, 7) is 10.3. The normalized spacial score (nSPS) is 35.3. The molecule has 2 fully saturated rings. The predicted molar refractivity (Wildman–Crippen MR) is 65.6 cm³/mol. The second kappa shape index (κ2) is 4.45. The van der Waals surface area contributed by atoms with Crippen LogP contribution in [0.4, 0.5) is 0 Å². The lowest BCUT2D eigenvalue weighted by Gasteiger charge is -2.25. The van der Waals surface area contributed by atoms with Gasteiger partial charge in [0.2, 0.25) is 0 Å². The van der Waals surface area contributed by atoms with Gasteiger partial charge in [0.05, 0.1) is 17.6 Å². The number of epoxide rings is 1. The zero-order valence-corrected chi connectivity index (χ0v) is 11.0. The van der Waals surface area contributed by atoms with Gasteiger partial charge in [0.1, 0.15) is 6.61 Å². The summed E-state index contributed by atoms with van der Waals surface area (Å²) in [5, 5.41) is 0. The van der Waals surface area contributed by atoms with Crippen LogP contribution in [0.2, 0.25) is 0 Å². The van der Waals surface area contributed by atoms with E-state index in [9.17, 15) is 4.79 Å². The van der Waals surface area contributed by atoms with Crippen molar-refractivity contribution in [3.63, 3.8) is 0 Å². The average molecular weight is 238 g/mol. The molecule has 2 aliphatic rings. The fourth-order valence-electron chi connectivity index (χ4n) is 2.80. The summed E-state index contributed by atoms with van der Waals surface area (Å²) >= 11 is 0. The minimum absolute atomic E-state index is 0.0220. The molecule has 0 spiro atoms. The SMILES string of the molecule is C=C(C)COC(=O)C1CCC2(C(C)C)OC2C1. The lowest BCUT2D eigenvalue weighted by Crippen LogP contribution is -2.32. The minimum Gasteiger partial charge on any atom is -0.461 e. The van der Waals surface area contributed by atoms with Crippen LogP contribution in [0.1, 0.15) is 40.0 Å². The summed E-state index contributed by atoms with van der Waals surface area (Å²) in [7, 11) is 0. The zero-order valence-electron chi connectivity index (χ0n) is 11.0. The first-order valence-corrected chi connectivity index (χ1v) is 6.44. The van der Waals surface area contributed by atoms with Gasteiger partial charge in [-0.25, -0.2) is 0 Å². The van der Waals surface area contributed by atoms with Crippen molar-refractivity contribution in [3.8, 4) is 0 Å². The van der Waals surface area contributed by atoms with Crippen molar-refractivity contribution in [2.24, 2.45) is 11.8 Å². The van der Waals surface area contributed by atoms with E-state index in [0.29, 0.717) is 12.5 Å². The van der Waals surface area contributed by atoms with Crippen LogP contribution in [0.5, 0.6) is 0 Å². The van der Waals surface area contributed by atoms with E-state index in [1.807, 2.05) is 6.92 Å². The Morgan fingerprint density at radius 1 is 1.59 bits per heavy atom. The van der Waals surface area contributed by atoms with E-state index >= 15 is 0 Å². The van der Waals surface area contributed by atoms with Gasteiger partial charge < -0.3 is 9.47 Å². The third-order valence-electron chi connectivity index (χ3n) is 4.00. The van der Waals surface area contributed by atoms with Gasteiger partial charge in [-0.2, -0.15) is 0 Å². The fourth-order valence-corrected chi connectivity index (χ4v) is 2.80. The van der Waals surface area contributed by atoms with Crippen LogP contribution in [0, 0.1) is 11.8 Å². The largest absolute Gasteiger partial charge is 0.461 e. The molecule has 0 aromatic carbocycles. The average Bonchev–Trinajstić information content (AvgIpc) is 3.00.